The fourth-order valence-electron chi connectivity index (χ4n) is 1.32. The van der Waals surface area contributed by atoms with E-state index in [9.17, 15) is 8.42 Å². The first kappa shape index (κ1) is 16.8. The topological polar surface area (TPSA) is 75.9 Å². The van der Waals surface area contributed by atoms with Crippen molar-refractivity contribution in [3.05, 3.63) is 0 Å². The summed E-state index contributed by atoms with van der Waals surface area (Å²) in [5.74, 6) is 0. The van der Waals surface area contributed by atoms with Crippen LogP contribution in [0.4, 0.5) is 0 Å². The SMILES string of the molecule is COCCN(C)S(=O)(=O)N(C)CC(C)(C)CN. The first-order chi connectivity index (χ1) is 7.67. The molecular weight excluding hydrogens is 242 g/mol. The van der Waals surface area contributed by atoms with E-state index in [1.807, 2.05) is 13.8 Å². The lowest BCUT2D eigenvalue weighted by Gasteiger charge is -2.31. The molecule has 17 heavy (non-hydrogen) atoms. The van der Waals surface area contributed by atoms with E-state index in [2.05, 4.69) is 0 Å². The van der Waals surface area contributed by atoms with Gasteiger partial charge in [-0.2, -0.15) is 17.0 Å². The number of nitrogens with two attached hydrogens (primary N) is 1. The number of likely N-dealkylation sites (N-methyl/N-ethyl adjacent to an activating group) is 1. The lowest BCUT2D eigenvalue weighted by Crippen LogP contribution is -2.46. The maximum absolute atomic E-state index is 12.1. The number of rotatable bonds is 8. The van der Waals surface area contributed by atoms with Crippen LogP contribution in [0.5, 0.6) is 0 Å². The normalized spacial score (nSPS) is 13.6. The van der Waals surface area contributed by atoms with E-state index in [4.69, 9.17) is 10.5 Å². The second-order valence-corrected chi connectivity index (χ2v) is 7.09. The third-order valence-corrected chi connectivity index (χ3v) is 4.49. The Bertz CT molecular complexity index is 317. The van der Waals surface area contributed by atoms with Crippen LogP contribution in [0.25, 0.3) is 0 Å². The van der Waals surface area contributed by atoms with Crippen molar-refractivity contribution in [3.8, 4) is 0 Å². The van der Waals surface area contributed by atoms with Crippen LogP contribution in [0.15, 0.2) is 0 Å². The zero-order chi connectivity index (χ0) is 13.7. The Labute approximate surface area is 105 Å². The van der Waals surface area contributed by atoms with Crippen molar-refractivity contribution in [1.82, 2.24) is 8.61 Å². The van der Waals surface area contributed by atoms with Crippen molar-refractivity contribution in [2.24, 2.45) is 11.1 Å². The van der Waals surface area contributed by atoms with Crippen molar-refractivity contribution in [1.29, 1.82) is 0 Å². The predicted octanol–water partition coefficient (Wildman–Crippen LogP) is -0.274. The van der Waals surface area contributed by atoms with Gasteiger partial charge in [-0.3, -0.25) is 0 Å². The Kier molecular flexibility index (Phi) is 6.57. The van der Waals surface area contributed by atoms with E-state index in [0.29, 0.717) is 26.2 Å². The summed E-state index contributed by atoms with van der Waals surface area (Å²) in [4.78, 5) is 0. The molecule has 0 fully saturated rings. The van der Waals surface area contributed by atoms with Crippen molar-refractivity contribution >= 4 is 10.2 Å². The highest BCUT2D eigenvalue weighted by Gasteiger charge is 2.28. The molecule has 0 aliphatic heterocycles. The number of nitrogens with zero attached hydrogens (tertiary/aromatic N) is 2. The zero-order valence-corrected chi connectivity index (χ0v) is 12.2. The molecule has 0 saturated heterocycles. The molecule has 0 aromatic carbocycles. The van der Waals surface area contributed by atoms with Gasteiger partial charge in [-0.1, -0.05) is 13.8 Å². The van der Waals surface area contributed by atoms with Crippen molar-refractivity contribution < 1.29 is 13.2 Å². The third kappa shape index (κ3) is 5.31. The van der Waals surface area contributed by atoms with Crippen molar-refractivity contribution in [3.63, 3.8) is 0 Å². The molecular formula is C10H25N3O3S. The van der Waals surface area contributed by atoms with Gasteiger partial charge in [0.15, 0.2) is 0 Å². The molecule has 0 bridgehead atoms. The molecule has 104 valence electrons. The average Bonchev–Trinajstić information content (AvgIpc) is 2.25. The lowest BCUT2D eigenvalue weighted by atomic mass is 9.94. The Morgan fingerprint density at radius 1 is 1.24 bits per heavy atom. The molecule has 0 radical (unpaired) electrons. The minimum atomic E-state index is -3.42. The molecule has 2 N–H and O–H groups in total. The van der Waals surface area contributed by atoms with Crippen molar-refractivity contribution in [2.45, 2.75) is 13.8 Å². The van der Waals surface area contributed by atoms with E-state index in [-0.39, 0.29) is 5.41 Å². The second-order valence-electron chi connectivity index (χ2n) is 4.95. The Hall–Kier alpha value is -0.210. The maximum Gasteiger partial charge on any atom is 0.281 e. The van der Waals surface area contributed by atoms with E-state index in [0.717, 1.165) is 0 Å². The molecule has 0 amide bonds. The summed E-state index contributed by atoms with van der Waals surface area (Å²) in [5.41, 5.74) is 5.37. The molecule has 0 spiro atoms. The van der Waals surface area contributed by atoms with Gasteiger partial charge in [-0.25, -0.2) is 0 Å². The third-order valence-electron chi connectivity index (χ3n) is 2.60. The molecule has 0 aromatic heterocycles. The van der Waals surface area contributed by atoms with Gasteiger partial charge in [0.1, 0.15) is 0 Å². The molecule has 7 heteroatoms. The molecule has 0 heterocycles. The summed E-state index contributed by atoms with van der Waals surface area (Å²) in [6.07, 6.45) is 0. The molecule has 6 nitrogen and oxygen atoms in total. The van der Waals surface area contributed by atoms with Gasteiger partial charge in [-0.05, 0) is 12.0 Å². The van der Waals surface area contributed by atoms with E-state index in [1.165, 1.54) is 8.61 Å². The summed E-state index contributed by atoms with van der Waals surface area (Å²) in [6.45, 7) is 5.43. The molecule has 0 aliphatic carbocycles. The number of methoxy groups -OCH3 is 1. The van der Waals surface area contributed by atoms with Gasteiger partial charge in [0.2, 0.25) is 0 Å². The van der Waals surface area contributed by atoms with Crippen LogP contribution in [-0.2, 0) is 14.9 Å². The predicted molar refractivity (Wildman–Crippen MR) is 68.9 cm³/mol. The van der Waals surface area contributed by atoms with E-state index >= 15 is 0 Å². The molecule has 0 aromatic rings. The Morgan fingerprint density at radius 2 is 1.76 bits per heavy atom. The fraction of sp³-hybridized carbons (Fsp3) is 1.00. The molecule has 0 atom stereocenters. The van der Waals surface area contributed by atoms with Crippen LogP contribution in [0, 0.1) is 5.41 Å². The van der Waals surface area contributed by atoms with E-state index in [1.54, 1.807) is 21.2 Å². The average molecular weight is 267 g/mol. The Balaban J connectivity index is 4.60. The van der Waals surface area contributed by atoms with Crippen LogP contribution < -0.4 is 5.73 Å². The monoisotopic (exact) mass is 267 g/mol. The van der Waals surface area contributed by atoms with Crippen LogP contribution in [0.3, 0.4) is 0 Å². The summed E-state index contributed by atoms with van der Waals surface area (Å²) in [6, 6.07) is 0. The number of hydrogen-bond donors (Lipinski definition) is 1. The number of hydrogen-bond acceptors (Lipinski definition) is 4. The summed E-state index contributed by atoms with van der Waals surface area (Å²) in [5, 5.41) is 0. The second kappa shape index (κ2) is 6.65. The first-order valence-corrected chi connectivity index (χ1v) is 6.93. The molecule has 0 saturated carbocycles. The largest absolute Gasteiger partial charge is 0.383 e. The quantitative estimate of drug-likeness (QED) is 0.656. The van der Waals surface area contributed by atoms with Gasteiger partial charge in [0, 0.05) is 34.3 Å². The summed E-state index contributed by atoms with van der Waals surface area (Å²) < 4.78 is 31.6. The van der Waals surface area contributed by atoms with Crippen LogP contribution in [0.2, 0.25) is 0 Å². The van der Waals surface area contributed by atoms with E-state index < -0.39 is 10.2 Å². The zero-order valence-electron chi connectivity index (χ0n) is 11.4. The van der Waals surface area contributed by atoms with Crippen LogP contribution in [0.1, 0.15) is 13.8 Å². The van der Waals surface area contributed by atoms with Gasteiger partial charge in [0.25, 0.3) is 10.2 Å². The van der Waals surface area contributed by atoms with Gasteiger partial charge < -0.3 is 10.5 Å². The standard InChI is InChI=1S/C10H25N3O3S/c1-10(2,8-11)9-13(4)17(14,15)12(3)6-7-16-5/h6-9,11H2,1-5H3. The molecule has 0 unspecified atom stereocenters. The van der Waals surface area contributed by atoms with Crippen LogP contribution >= 0.6 is 0 Å². The highest BCUT2D eigenvalue weighted by Crippen LogP contribution is 2.17. The minimum absolute atomic E-state index is 0.232. The summed E-state index contributed by atoms with van der Waals surface area (Å²) in [7, 11) is 1.23. The van der Waals surface area contributed by atoms with Crippen LogP contribution in [-0.4, -0.2) is 64.5 Å². The van der Waals surface area contributed by atoms with Gasteiger partial charge >= 0.3 is 0 Å². The first-order valence-electron chi connectivity index (χ1n) is 5.54. The highest BCUT2D eigenvalue weighted by atomic mass is 32.2. The maximum atomic E-state index is 12.1. The smallest absolute Gasteiger partial charge is 0.281 e. The number of ether oxygens (including phenoxy) is 1. The summed E-state index contributed by atoms with van der Waals surface area (Å²) >= 11 is 0. The van der Waals surface area contributed by atoms with Gasteiger partial charge in [0.05, 0.1) is 6.61 Å². The fourth-order valence-corrected chi connectivity index (χ4v) is 2.62. The minimum Gasteiger partial charge on any atom is -0.383 e. The van der Waals surface area contributed by atoms with Crippen molar-refractivity contribution in [2.75, 3.05) is 47.4 Å². The Morgan fingerprint density at radius 3 is 2.18 bits per heavy atom. The highest BCUT2D eigenvalue weighted by molar-refractivity contribution is 7.86. The molecule has 0 aliphatic rings. The van der Waals surface area contributed by atoms with Gasteiger partial charge in [-0.15, -0.1) is 0 Å². The lowest BCUT2D eigenvalue weighted by molar-refractivity contribution is 0.181. The molecule has 0 rings (SSSR count).